The molecule has 0 amide bonds. The van der Waals surface area contributed by atoms with Gasteiger partial charge in [-0.25, -0.2) is 8.42 Å². The number of benzene rings is 1. The Hall–Kier alpha value is -1.56. The molecule has 0 saturated heterocycles. The maximum Gasteiger partial charge on any atom is 0.191 e. The van der Waals surface area contributed by atoms with Crippen LogP contribution in [0.1, 0.15) is 38.3 Å². The molecule has 0 heterocycles. The Balaban J connectivity index is 2.51. The lowest BCUT2D eigenvalue weighted by atomic mass is 9.84. The van der Waals surface area contributed by atoms with Crippen molar-refractivity contribution in [2.24, 2.45) is 4.99 Å². The van der Waals surface area contributed by atoms with E-state index in [1.165, 1.54) is 17.4 Å². The van der Waals surface area contributed by atoms with E-state index >= 15 is 0 Å². The minimum atomic E-state index is -2.91. The van der Waals surface area contributed by atoms with Gasteiger partial charge in [-0.1, -0.05) is 45.0 Å². The van der Waals surface area contributed by atoms with Crippen molar-refractivity contribution in [3.05, 3.63) is 35.4 Å². The van der Waals surface area contributed by atoms with E-state index in [0.717, 1.165) is 13.0 Å². The monoisotopic (exact) mass is 353 g/mol. The zero-order valence-electron chi connectivity index (χ0n) is 15.5. The quantitative estimate of drug-likeness (QED) is 0.427. The molecule has 0 spiro atoms. The number of nitrogens with zero attached hydrogens (tertiary/aromatic N) is 1. The minimum absolute atomic E-state index is 0.0311. The molecule has 2 N–H and O–H groups in total. The van der Waals surface area contributed by atoms with Crippen LogP contribution in [-0.4, -0.2) is 46.5 Å². The van der Waals surface area contributed by atoms with Crippen molar-refractivity contribution in [3.63, 3.8) is 0 Å². The standard InChI is InChI=1S/C18H31N3O2S/c1-6-15-8-10-16(11-9-15)18(2,3)14-21-17(19-4)20-12-7-13-24(5,22)23/h8-11H,6-7,12-14H2,1-5H3,(H2,19,20,21). The highest BCUT2D eigenvalue weighted by Crippen LogP contribution is 2.22. The molecular weight excluding hydrogens is 322 g/mol. The summed E-state index contributed by atoms with van der Waals surface area (Å²) >= 11 is 0. The molecule has 1 aromatic carbocycles. The number of sulfone groups is 1. The van der Waals surface area contributed by atoms with Crippen molar-refractivity contribution in [2.45, 2.75) is 39.0 Å². The molecule has 1 rings (SSSR count). The molecule has 0 saturated carbocycles. The molecule has 0 unspecified atom stereocenters. The van der Waals surface area contributed by atoms with Gasteiger partial charge in [0, 0.05) is 31.8 Å². The normalized spacial score (nSPS) is 13.0. The Labute approximate surface area is 146 Å². The van der Waals surface area contributed by atoms with Crippen molar-refractivity contribution < 1.29 is 8.42 Å². The van der Waals surface area contributed by atoms with Gasteiger partial charge in [-0.3, -0.25) is 4.99 Å². The highest BCUT2D eigenvalue weighted by atomic mass is 32.2. The van der Waals surface area contributed by atoms with E-state index in [1.54, 1.807) is 7.05 Å². The zero-order valence-corrected chi connectivity index (χ0v) is 16.3. The smallest absolute Gasteiger partial charge is 0.191 e. The van der Waals surface area contributed by atoms with Gasteiger partial charge in [-0.05, 0) is 24.0 Å². The maximum atomic E-state index is 11.1. The molecule has 0 atom stereocenters. The molecular formula is C18H31N3O2S. The van der Waals surface area contributed by atoms with Gasteiger partial charge >= 0.3 is 0 Å². The van der Waals surface area contributed by atoms with E-state index in [-0.39, 0.29) is 11.2 Å². The number of hydrogen-bond donors (Lipinski definition) is 2. The topological polar surface area (TPSA) is 70.6 Å². The third-order valence-corrected chi connectivity index (χ3v) is 5.08. The van der Waals surface area contributed by atoms with E-state index in [1.807, 2.05) is 0 Å². The first-order valence-corrected chi connectivity index (χ1v) is 10.5. The van der Waals surface area contributed by atoms with Crippen molar-refractivity contribution >= 4 is 15.8 Å². The summed E-state index contributed by atoms with van der Waals surface area (Å²) < 4.78 is 22.3. The Kier molecular flexibility index (Phi) is 7.73. The van der Waals surface area contributed by atoms with Crippen LogP contribution in [-0.2, 0) is 21.7 Å². The van der Waals surface area contributed by atoms with Gasteiger partial charge in [-0.2, -0.15) is 0 Å². The molecule has 1 aromatic rings. The van der Waals surface area contributed by atoms with E-state index < -0.39 is 9.84 Å². The Morgan fingerprint density at radius 3 is 2.29 bits per heavy atom. The first kappa shape index (κ1) is 20.5. The first-order valence-electron chi connectivity index (χ1n) is 8.39. The minimum Gasteiger partial charge on any atom is -0.356 e. The Bertz CT molecular complexity index is 635. The van der Waals surface area contributed by atoms with Crippen LogP contribution in [0.5, 0.6) is 0 Å². The number of hydrogen-bond acceptors (Lipinski definition) is 3. The molecule has 24 heavy (non-hydrogen) atoms. The van der Waals surface area contributed by atoms with Gasteiger partial charge in [0.05, 0.1) is 5.75 Å². The van der Waals surface area contributed by atoms with Crippen LogP contribution >= 0.6 is 0 Å². The second-order valence-electron chi connectivity index (χ2n) is 6.77. The maximum absolute atomic E-state index is 11.1. The highest BCUT2D eigenvalue weighted by molar-refractivity contribution is 7.90. The molecule has 0 aliphatic heterocycles. The van der Waals surface area contributed by atoms with Gasteiger partial charge < -0.3 is 10.6 Å². The number of guanidine groups is 1. The van der Waals surface area contributed by atoms with Gasteiger partial charge in [0.25, 0.3) is 0 Å². The van der Waals surface area contributed by atoms with Crippen LogP contribution in [0.3, 0.4) is 0 Å². The summed E-state index contributed by atoms with van der Waals surface area (Å²) in [5, 5.41) is 6.48. The van der Waals surface area contributed by atoms with E-state index in [9.17, 15) is 8.42 Å². The molecule has 0 fully saturated rings. The number of aliphatic imine (C=N–C) groups is 1. The zero-order chi connectivity index (χ0) is 18.2. The third kappa shape index (κ3) is 7.34. The lowest BCUT2D eigenvalue weighted by Gasteiger charge is -2.27. The van der Waals surface area contributed by atoms with Crippen molar-refractivity contribution in [1.29, 1.82) is 0 Å². The largest absolute Gasteiger partial charge is 0.356 e. The third-order valence-electron chi connectivity index (χ3n) is 4.05. The van der Waals surface area contributed by atoms with Crippen molar-refractivity contribution in [3.8, 4) is 0 Å². The van der Waals surface area contributed by atoms with Crippen molar-refractivity contribution in [2.75, 3.05) is 32.1 Å². The molecule has 0 aliphatic carbocycles. The fourth-order valence-electron chi connectivity index (χ4n) is 2.36. The van der Waals surface area contributed by atoms with Crippen LogP contribution in [0.2, 0.25) is 0 Å². The van der Waals surface area contributed by atoms with E-state index in [2.05, 4.69) is 60.7 Å². The van der Waals surface area contributed by atoms with Crippen molar-refractivity contribution in [1.82, 2.24) is 10.6 Å². The summed E-state index contributed by atoms with van der Waals surface area (Å²) in [4.78, 5) is 4.19. The van der Waals surface area contributed by atoms with Crippen LogP contribution in [0, 0.1) is 0 Å². The van der Waals surface area contributed by atoms with Gasteiger partial charge in [0.15, 0.2) is 5.96 Å². The fourth-order valence-corrected chi connectivity index (χ4v) is 3.03. The van der Waals surface area contributed by atoms with Crippen LogP contribution in [0.15, 0.2) is 29.3 Å². The van der Waals surface area contributed by atoms with Crippen LogP contribution < -0.4 is 10.6 Å². The first-order chi connectivity index (χ1) is 11.2. The summed E-state index contributed by atoms with van der Waals surface area (Å²) in [6.07, 6.45) is 2.87. The predicted molar refractivity (Wildman–Crippen MR) is 103 cm³/mol. The highest BCUT2D eigenvalue weighted by Gasteiger charge is 2.20. The molecule has 0 aromatic heterocycles. The van der Waals surface area contributed by atoms with Gasteiger partial charge in [0.1, 0.15) is 9.84 Å². The van der Waals surface area contributed by atoms with E-state index in [0.29, 0.717) is 18.9 Å². The summed E-state index contributed by atoms with van der Waals surface area (Å²) in [6, 6.07) is 8.72. The SMILES string of the molecule is CCc1ccc(C(C)(C)CNC(=NC)NCCCS(C)(=O)=O)cc1. The molecule has 0 radical (unpaired) electrons. The average Bonchev–Trinajstić information content (AvgIpc) is 2.53. The number of nitrogens with one attached hydrogen (secondary N) is 2. The molecule has 5 nitrogen and oxygen atoms in total. The summed E-state index contributed by atoms with van der Waals surface area (Å²) in [7, 11) is -1.19. The van der Waals surface area contributed by atoms with E-state index in [4.69, 9.17) is 0 Å². The molecule has 0 bridgehead atoms. The fraction of sp³-hybridized carbons (Fsp3) is 0.611. The Morgan fingerprint density at radius 1 is 1.17 bits per heavy atom. The Morgan fingerprint density at radius 2 is 1.79 bits per heavy atom. The second kappa shape index (κ2) is 9.06. The molecule has 0 aliphatic rings. The average molecular weight is 354 g/mol. The molecule has 6 heteroatoms. The summed E-state index contributed by atoms with van der Waals surface area (Å²) in [5.74, 6) is 0.883. The van der Waals surface area contributed by atoms with Gasteiger partial charge in [0.2, 0.25) is 0 Å². The predicted octanol–water partition coefficient (Wildman–Crippen LogP) is 2.13. The summed E-state index contributed by atoms with van der Waals surface area (Å²) in [6.45, 7) is 7.86. The van der Waals surface area contributed by atoms with Gasteiger partial charge in [-0.15, -0.1) is 0 Å². The lowest BCUT2D eigenvalue weighted by Crippen LogP contribution is -2.43. The lowest BCUT2D eigenvalue weighted by molar-refractivity contribution is 0.508. The summed E-state index contributed by atoms with van der Waals surface area (Å²) in [5.41, 5.74) is 2.59. The molecule has 136 valence electrons. The number of rotatable bonds is 8. The second-order valence-corrected chi connectivity index (χ2v) is 9.03. The van der Waals surface area contributed by atoms with Crippen LogP contribution in [0.4, 0.5) is 0 Å². The number of aryl methyl sites for hydroxylation is 1. The van der Waals surface area contributed by atoms with Crippen LogP contribution in [0.25, 0.3) is 0 Å².